The van der Waals surface area contributed by atoms with Gasteiger partial charge >= 0.3 is 0 Å². The highest BCUT2D eigenvalue weighted by molar-refractivity contribution is 5.47. The second-order valence-electron chi connectivity index (χ2n) is 6.62. The maximum absolute atomic E-state index is 4.68. The molecule has 0 radical (unpaired) electrons. The van der Waals surface area contributed by atoms with Crippen LogP contribution in [0.1, 0.15) is 41.4 Å². The Morgan fingerprint density at radius 1 is 1.12 bits per heavy atom. The molecule has 124 valence electrons. The summed E-state index contributed by atoms with van der Waals surface area (Å²) in [6, 6.07) is 2.07. The van der Waals surface area contributed by atoms with Crippen LogP contribution in [0.25, 0.3) is 5.65 Å². The number of likely N-dealkylation sites (tertiary alicyclic amines) is 1. The minimum atomic E-state index is 0.529. The van der Waals surface area contributed by atoms with Gasteiger partial charge in [0, 0.05) is 48.0 Å². The Kier molecular flexibility index (Phi) is 3.98. The average molecular weight is 322 g/mol. The van der Waals surface area contributed by atoms with Gasteiger partial charge in [-0.25, -0.2) is 9.50 Å². The lowest BCUT2D eigenvalue weighted by Gasteiger charge is -2.31. The highest BCUT2D eigenvalue weighted by Crippen LogP contribution is 2.27. The van der Waals surface area contributed by atoms with Gasteiger partial charge in [0.2, 0.25) is 0 Å². The zero-order valence-corrected chi connectivity index (χ0v) is 14.2. The van der Waals surface area contributed by atoms with Crippen molar-refractivity contribution in [1.82, 2.24) is 29.5 Å². The molecular formula is C18H22N6. The van der Waals surface area contributed by atoms with E-state index in [2.05, 4.69) is 37.9 Å². The standard InChI is InChI=1S/C18H22N6/c1-13-9-14(2)24-18(22-13)16(10-21-24)12-23-7-3-15(4-8-23)17-11-19-5-6-20-17/h5-6,9-11,15H,3-4,7-8,12H2,1-2H3. The van der Waals surface area contributed by atoms with Crippen molar-refractivity contribution in [3.8, 4) is 0 Å². The normalized spacial score (nSPS) is 16.8. The second-order valence-corrected chi connectivity index (χ2v) is 6.62. The third-order valence-corrected chi connectivity index (χ3v) is 4.83. The van der Waals surface area contributed by atoms with Crippen LogP contribution in [0.4, 0.5) is 0 Å². The topological polar surface area (TPSA) is 59.2 Å². The molecular weight excluding hydrogens is 300 g/mol. The summed E-state index contributed by atoms with van der Waals surface area (Å²) >= 11 is 0. The van der Waals surface area contributed by atoms with Crippen LogP contribution in [-0.2, 0) is 6.54 Å². The molecule has 6 nitrogen and oxygen atoms in total. The van der Waals surface area contributed by atoms with Crippen LogP contribution in [0, 0.1) is 13.8 Å². The van der Waals surface area contributed by atoms with Crippen molar-refractivity contribution in [3.63, 3.8) is 0 Å². The van der Waals surface area contributed by atoms with Gasteiger partial charge in [-0.3, -0.25) is 14.9 Å². The van der Waals surface area contributed by atoms with Gasteiger partial charge in [0.1, 0.15) is 0 Å². The number of rotatable bonds is 3. The van der Waals surface area contributed by atoms with E-state index < -0.39 is 0 Å². The van der Waals surface area contributed by atoms with Gasteiger partial charge in [0.15, 0.2) is 5.65 Å². The molecule has 0 unspecified atom stereocenters. The van der Waals surface area contributed by atoms with Crippen molar-refractivity contribution in [1.29, 1.82) is 0 Å². The number of hydrogen-bond acceptors (Lipinski definition) is 5. The van der Waals surface area contributed by atoms with Crippen LogP contribution in [0.15, 0.2) is 30.9 Å². The molecule has 0 aliphatic carbocycles. The van der Waals surface area contributed by atoms with Crippen molar-refractivity contribution >= 4 is 5.65 Å². The molecule has 0 bridgehead atoms. The van der Waals surface area contributed by atoms with E-state index in [0.717, 1.165) is 55.2 Å². The number of piperidine rings is 1. The summed E-state index contributed by atoms with van der Waals surface area (Å²) in [6.45, 7) is 7.17. The Morgan fingerprint density at radius 2 is 1.96 bits per heavy atom. The summed E-state index contributed by atoms with van der Waals surface area (Å²) in [7, 11) is 0. The molecule has 1 fully saturated rings. The molecule has 3 aromatic rings. The van der Waals surface area contributed by atoms with Crippen molar-refractivity contribution in [2.75, 3.05) is 13.1 Å². The molecule has 3 aromatic heterocycles. The Bertz CT molecular complexity index is 833. The van der Waals surface area contributed by atoms with Gasteiger partial charge in [-0.15, -0.1) is 0 Å². The van der Waals surface area contributed by atoms with Crippen LogP contribution in [0.3, 0.4) is 0 Å². The first kappa shape index (κ1) is 15.2. The van der Waals surface area contributed by atoms with E-state index in [0.29, 0.717) is 5.92 Å². The summed E-state index contributed by atoms with van der Waals surface area (Å²) < 4.78 is 1.94. The Balaban J connectivity index is 1.46. The number of aromatic nitrogens is 5. The van der Waals surface area contributed by atoms with E-state index >= 15 is 0 Å². The molecule has 0 saturated carbocycles. The van der Waals surface area contributed by atoms with Crippen molar-refractivity contribution < 1.29 is 0 Å². The highest BCUT2D eigenvalue weighted by atomic mass is 15.3. The van der Waals surface area contributed by atoms with Gasteiger partial charge in [0.25, 0.3) is 0 Å². The van der Waals surface area contributed by atoms with E-state index in [1.54, 1.807) is 12.4 Å². The van der Waals surface area contributed by atoms with E-state index in [1.165, 1.54) is 5.56 Å². The molecule has 0 aromatic carbocycles. The SMILES string of the molecule is Cc1cc(C)n2ncc(CN3CCC(c4cnccn4)CC3)c2n1. The first-order chi connectivity index (χ1) is 11.7. The lowest BCUT2D eigenvalue weighted by Crippen LogP contribution is -2.32. The number of fused-ring (bicyclic) bond motifs is 1. The van der Waals surface area contributed by atoms with Crippen LogP contribution >= 0.6 is 0 Å². The average Bonchev–Trinajstić information content (AvgIpc) is 2.99. The van der Waals surface area contributed by atoms with Crippen LogP contribution in [0.2, 0.25) is 0 Å². The fourth-order valence-electron chi connectivity index (χ4n) is 3.58. The van der Waals surface area contributed by atoms with Gasteiger partial charge in [-0.05, 0) is 45.8 Å². The summed E-state index contributed by atoms with van der Waals surface area (Å²) in [5.74, 6) is 0.529. The van der Waals surface area contributed by atoms with Crippen molar-refractivity contribution in [2.45, 2.75) is 39.2 Å². The fraction of sp³-hybridized carbons (Fsp3) is 0.444. The predicted molar refractivity (Wildman–Crippen MR) is 91.7 cm³/mol. The van der Waals surface area contributed by atoms with E-state index in [-0.39, 0.29) is 0 Å². The Labute approximate surface area is 141 Å². The third-order valence-electron chi connectivity index (χ3n) is 4.83. The highest BCUT2D eigenvalue weighted by Gasteiger charge is 2.22. The first-order valence-electron chi connectivity index (χ1n) is 8.50. The molecule has 4 heterocycles. The second kappa shape index (κ2) is 6.28. The summed E-state index contributed by atoms with van der Waals surface area (Å²) in [5.41, 5.74) is 5.50. The third kappa shape index (κ3) is 2.89. The van der Waals surface area contributed by atoms with Crippen LogP contribution < -0.4 is 0 Å². The minimum Gasteiger partial charge on any atom is -0.299 e. The number of nitrogens with zero attached hydrogens (tertiary/aromatic N) is 6. The molecule has 0 N–H and O–H groups in total. The van der Waals surface area contributed by atoms with E-state index in [9.17, 15) is 0 Å². The van der Waals surface area contributed by atoms with E-state index in [4.69, 9.17) is 0 Å². The minimum absolute atomic E-state index is 0.529. The van der Waals surface area contributed by atoms with Crippen LogP contribution in [-0.4, -0.2) is 42.6 Å². The molecule has 1 aliphatic heterocycles. The summed E-state index contributed by atoms with van der Waals surface area (Å²) in [5, 5.41) is 4.50. The summed E-state index contributed by atoms with van der Waals surface area (Å²) in [6.07, 6.45) is 9.65. The maximum atomic E-state index is 4.68. The van der Waals surface area contributed by atoms with Crippen LogP contribution in [0.5, 0.6) is 0 Å². The Hall–Kier alpha value is -2.34. The molecule has 1 saturated heterocycles. The van der Waals surface area contributed by atoms with Crippen molar-refractivity contribution in [2.24, 2.45) is 0 Å². The van der Waals surface area contributed by atoms with Gasteiger partial charge in [0.05, 0.1) is 11.9 Å². The molecule has 24 heavy (non-hydrogen) atoms. The molecule has 0 amide bonds. The number of aryl methyl sites for hydroxylation is 2. The smallest absolute Gasteiger partial charge is 0.159 e. The molecule has 6 heteroatoms. The fourth-order valence-corrected chi connectivity index (χ4v) is 3.58. The molecule has 0 spiro atoms. The molecule has 0 atom stereocenters. The van der Waals surface area contributed by atoms with Crippen molar-refractivity contribution in [3.05, 3.63) is 53.5 Å². The van der Waals surface area contributed by atoms with Gasteiger partial charge < -0.3 is 0 Å². The molecule has 1 aliphatic rings. The largest absolute Gasteiger partial charge is 0.299 e. The van der Waals surface area contributed by atoms with E-state index in [1.807, 2.05) is 23.8 Å². The lowest BCUT2D eigenvalue weighted by molar-refractivity contribution is 0.203. The number of hydrogen-bond donors (Lipinski definition) is 0. The predicted octanol–water partition coefficient (Wildman–Crippen LogP) is 2.52. The quantitative estimate of drug-likeness (QED) is 0.741. The Morgan fingerprint density at radius 3 is 2.71 bits per heavy atom. The summed E-state index contributed by atoms with van der Waals surface area (Å²) in [4.78, 5) is 15.8. The van der Waals surface area contributed by atoms with Gasteiger partial charge in [-0.1, -0.05) is 0 Å². The van der Waals surface area contributed by atoms with Gasteiger partial charge in [-0.2, -0.15) is 5.10 Å². The zero-order valence-electron chi connectivity index (χ0n) is 14.2. The first-order valence-corrected chi connectivity index (χ1v) is 8.50. The zero-order chi connectivity index (χ0) is 16.5. The monoisotopic (exact) mass is 322 g/mol. The molecule has 4 rings (SSSR count). The maximum Gasteiger partial charge on any atom is 0.159 e. The lowest BCUT2D eigenvalue weighted by atomic mass is 9.93.